The Bertz CT molecular complexity index is 459. The molecule has 84 valence electrons. The molecule has 1 fully saturated rings. The third kappa shape index (κ3) is 1.96. The molecule has 1 aliphatic rings. The van der Waals surface area contributed by atoms with Crippen molar-refractivity contribution in [3.63, 3.8) is 0 Å². The number of anilines is 1. The molecule has 0 saturated heterocycles. The van der Waals surface area contributed by atoms with Gasteiger partial charge in [0.05, 0.1) is 10.2 Å². The van der Waals surface area contributed by atoms with Gasteiger partial charge in [0.1, 0.15) is 0 Å². The van der Waals surface area contributed by atoms with E-state index in [1.54, 1.807) is 0 Å². The predicted molar refractivity (Wildman–Crippen MR) is 73.8 cm³/mol. The quantitative estimate of drug-likeness (QED) is 0.801. The van der Waals surface area contributed by atoms with E-state index < -0.39 is 0 Å². The fourth-order valence-corrected chi connectivity index (χ4v) is 3.34. The molecule has 4 heteroatoms. The first-order valence-electron chi connectivity index (χ1n) is 5.56. The summed E-state index contributed by atoms with van der Waals surface area (Å²) in [5, 5.41) is 2.20. The summed E-state index contributed by atoms with van der Waals surface area (Å²) in [6.07, 6.45) is 2.64. The third-order valence-electron chi connectivity index (χ3n) is 2.84. The van der Waals surface area contributed by atoms with E-state index in [2.05, 4.69) is 45.1 Å². The van der Waals surface area contributed by atoms with E-state index >= 15 is 0 Å². The summed E-state index contributed by atoms with van der Waals surface area (Å²) in [7, 11) is 0. The molecule has 2 aromatic rings. The largest absolute Gasteiger partial charge is 0.344 e. The van der Waals surface area contributed by atoms with Gasteiger partial charge in [0.2, 0.25) is 0 Å². The van der Waals surface area contributed by atoms with E-state index in [-0.39, 0.29) is 0 Å². The van der Waals surface area contributed by atoms with Crippen LogP contribution in [0.5, 0.6) is 0 Å². The number of rotatable bonds is 4. The highest BCUT2D eigenvalue weighted by Crippen LogP contribution is 2.36. The minimum absolute atomic E-state index is 0.734. The predicted octanol–water partition coefficient (Wildman–Crippen LogP) is 3.66. The summed E-state index contributed by atoms with van der Waals surface area (Å²) in [5.41, 5.74) is 1.13. The molecule has 3 rings (SSSR count). The molecule has 0 aliphatic heterocycles. The molecular formula is C12H13BrN2S. The molecule has 1 aliphatic carbocycles. The van der Waals surface area contributed by atoms with Crippen molar-refractivity contribution in [3.05, 3.63) is 24.3 Å². The Morgan fingerprint density at radius 2 is 2.19 bits per heavy atom. The number of aromatic nitrogens is 1. The minimum Gasteiger partial charge on any atom is -0.344 e. The second kappa shape index (κ2) is 4.34. The van der Waals surface area contributed by atoms with E-state index in [9.17, 15) is 0 Å². The van der Waals surface area contributed by atoms with E-state index in [1.807, 2.05) is 11.3 Å². The lowest BCUT2D eigenvalue weighted by Gasteiger charge is -2.19. The molecule has 0 spiro atoms. The number of para-hydroxylation sites is 1. The number of hydrogen-bond acceptors (Lipinski definition) is 3. The van der Waals surface area contributed by atoms with Crippen LogP contribution >= 0.6 is 27.3 Å². The fourth-order valence-electron chi connectivity index (χ4n) is 1.89. The molecule has 0 N–H and O–H groups in total. The second-order valence-corrected chi connectivity index (χ2v) is 5.88. The van der Waals surface area contributed by atoms with Crippen LogP contribution < -0.4 is 4.90 Å². The molecule has 1 heterocycles. The first-order valence-corrected chi connectivity index (χ1v) is 7.50. The van der Waals surface area contributed by atoms with Crippen molar-refractivity contribution in [1.29, 1.82) is 0 Å². The van der Waals surface area contributed by atoms with Gasteiger partial charge in [0.15, 0.2) is 5.13 Å². The maximum atomic E-state index is 4.72. The number of fused-ring (bicyclic) bond motifs is 1. The summed E-state index contributed by atoms with van der Waals surface area (Å²) in [5.74, 6) is 0. The van der Waals surface area contributed by atoms with Gasteiger partial charge in [-0.25, -0.2) is 4.98 Å². The number of nitrogens with zero attached hydrogens (tertiary/aromatic N) is 2. The normalized spacial score (nSPS) is 15.6. The molecule has 0 amide bonds. The lowest BCUT2D eigenvalue weighted by Crippen LogP contribution is -2.27. The summed E-state index contributed by atoms with van der Waals surface area (Å²) < 4.78 is 1.29. The molecule has 1 aromatic carbocycles. The zero-order valence-electron chi connectivity index (χ0n) is 8.90. The number of hydrogen-bond donors (Lipinski definition) is 0. The summed E-state index contributed by atoms with van der Waals surface area (Å²) in [4.78, 5) is 7.16. The van der Waals surface area contributed by atoms with Crippen LogP contribution in [0, 0.1) is 0 Å². The maximum absolute atomic E-state index is 4.72. The molecule has 0 unspecified atom stereocenters. The molecule has 0 bridgehead atoms. The number of thiazole rings is 1. The Morgan fingerprint density at radius 1 is 1.38 bits per heavy atom. The Labute approximate surface area is 107 Å². The number of halogens is 1. The number of alkyl halides is 1. The lowest BCUT2D eigenvalue weighted by atomic mass is 10.3. The zero-order chi connectivity index (χ0) is 11.0. The highest BCUT2D eigenvalue weighted by molar-refractivity contribution is 9.09. The first kappa shape index (κ1) is 10.5. The van der Waals surface area contributed by atoms with Crippen LogP contribution in [0.25, 0.3) is 10.2 Å². The van der Waals surface area contributed by atoms with E-state index in [0.717, 1.165) is 23.4 Å². The van der Waals surface area contributed by atoms with Crippen molar-refractivity contribution in [3.8, 4) is 0 Å². The van der Waals surface area contributed by atoms with Gasteiger partial charge in [-0.1, -0.05) is 39.4 Å². The lowest BCUT2D eigenvalue weighted by molar-refractivity contribution is 0.830. The molecule has 0 atom stereocenters. The van der Waals surface area contributed by atoms with E-state index in [1.165, 1.54) is 22.7 Å². The highest BCUT2D eigenvalue weighted by atomic mass is 79.9. The van der Waals surface area contributed by atoms with Crippen molar-refractivity contribution in [2.75, 3.05) is 16.8 Å². The van der Waals surface area contributed by atoms with Gasteiger partial charge in [-0.05, 0) is 25.0 Å². The van der Waals surface area contributed by atoms with Gasteiger partial charge in [-0.2, -0.15) is 0 Å². The van der Waals surface area contributed by atoms with E-state index in [4.69, 9.17) is 4.98 Å². The first-order chi connectivity index (χ1) is 7.88. The van der Waals surface area contributed by atoms with Crippen molar-refractivity contribution in [2.24, 2.45) is 0 Å². The maximum Gasteiger partial charge on any atom is 0.186 e. The van der Waals surface area contributed by atoms with Gasteiger partial charge >= 0.3 is 0 Å². The van der Waals surface area contributed by atoms with Gasteiger partial charge in [0, 0.05) is 17.9 Å². The Kier molecular flexibility index (Phi) is 2.86. The minimum atomic E-state index is 0.734. The SMILES string of the molecule is BrCCN(c1nc2ccccc2s1)C1CC1. The molecule has 16 heavy (non-hydrogen) atoms. The van der Waals surface area contributed by atoms with Gasteiger partial charge < -0.3 is 4.90 Å². The molecule has 1 aromatic heterocycles. The Morgan fingerprint density at radius 3 is 2.88 bits per heavy atom. The molecule has 2 nitrogen and oxygen atoms in total. The second-order valence-electron chi connectivity index (χ2n) is 4.08. The van der Waals surface area contributed by atoms with Crippen LogP contribution in [0.15, 0.2) is 24.3 Å². The van der Waals surface area contributed by atoms with Crippen molar-refractivity contribution in [2.45, 2.75) is 18.9 Å². The highest BCUT2D eigenvalue weighted by Gasteiger charge is 2.30. The van der Waals surface area contributed by atoms with Crippen molar-refractivity contribution in [1.82, 2.24) is 4.98 Å². The Balaban J connectivity index is 1.96. The van der Waals surface area contributed by atoms with Crippen LogP contribution in [0.4, 0.5) is 5.13 Å². The van der Waals surface area contributed by atoms with Crippen molar-refractivity contribution >= 4 is 42.6 Å². The van der Waals surface area contributed by atoms with Crippen LogP contribution in [-0.4, -0.2) is 22.9 Å². The molecular weight excluding hydrogens is 284 g/mol. The van der Waals surface area contributed by atoms with Crippen molar-refractivity contribution < 1.29 is 0 Å². The topological polar surface area (TPSA) is 16.1 Å². The molecule has 0 radical (unpaired) electrons. The van der Waals surface area contributed by atoms with Crippen LogP contribution in [-0.2, 0) is 0 Å². The average molecular weight is 297 g/mol. The fraction of sp³-hybridized carbons (Fsp3) is 0.417. The monoisotopic (exact) mass is 296 g/mol. The summed E-state index contributed by atoms with van der Waals surface area (Å²) in [6.45, 7) is 1.06. The van der Waals surface area contributed by atoms with Crippen LogP contribution in [0.3, 0.4) is 0 Å². The third-order valence-corrected chi connectivity index (χ3v) is 4.27. The number of benzene rings is 1. The molecule has 1 saturated carbocycles. The standard InChI is InChI=1S/C12H13BrN2S/c13-7-8-15(9-5-6-9)12-14-10-3-1-2-4-11(10)16-12/h1-4,9H,5-8H2. The van der Waals surface area contributed by atoms with Crippen LogP contribution in [0.1, 0.15) is 12.8 Å². The smallest absolute Gasteiger partial charge is 0.186 e. The average Bonchev–Trinajstić information content (AvgIpc) is 3.04. The Hall–Kier alpha value is -0.610. The van der Waals surface area contributed by atoms with Gasteiger partial charge in [-0.3, -0.25) is 0 Å². The zero-order valence-corrected chi connectivity index (χ0v) is 11.3. The van der Waals surface area contributed by atoms with E-state index in [0.29, 0.717) is 0 Å². The summed E-state index contributed by atoms with van der Waals surface area (Å²) in [6, 6.07) is 9.11. The van der Waals surface area contributed by atoms with Crippen LogP contribution in [0.2, 0.25) is 0 Å². The summed E-state index contributed by atoms with van der Waals surface area (Å²) >= 11 is 5.33. The van der Waals surface area contributed by atoms with Gasteiger partial charge in [-0.15, -0.1) is 0 Å². The van der Waals surface area contributed by atoms with Gasteiger partial charge in [0.25, 0.3) is 0 Å².